The molecule has 0 spiro atoms. The second-order valence-electron chi connectivity index (χ2n) is 26.5. The number of ether oxygens (including phenoxy) is 12. The highest BCUT2D eigenvalue weighted by Gasteiger charge is 2.20. The number of carbonyl (C=O) groups is 8. The molecule has 0 bridgehead atoms. The highest BCUT2D eigenvalue weighted by Crippen LogP contribution is 2.31. The summed E-state index contributed by atoms with van der Waals surface area (Å²) in [6.45, 7) is 24.2. The van der Waals surface area contributed by atoms with Crippen LogP contribution in [0.15, 0.2) is 182 Å². The predicted molar refractivity (Wildman–Crippen MR) is 413 cm³/mol. The first kappa shape index (κ1) is 86.2. The molecule has 6 aromatic carbocycles. The molecule has 0 aliphatic carbocycles. The van der Waals surface area contributed by atoms with E-state index in [1.165, 1.54) is 0 Å². The van der Waals surface area contributed by atoms with Crippen molar-refractivity contribution in [3.8, 4) is 46.0 Å². The maximum Gasteiger partial charge on any atom is 0.343 e. The minimum atomic E-state index is -0.577. The van der Waals surface area contributed by atoms with Gasteiger partial charge in [0.1, 0.15) is 46.0 Å². The van der Waals surface area contributed by atoms with Gasteiger partial charge in [-0.1, -0.05) is 52.0 Å². The third kappa shape index (κ3) is 33.8. The van der Waals surface area contributed by atoms with Crippen LogP contribution in [0.1, 0.15) is 222 Å². The highest BCUT2D eigenvalue weighted by molar-refractivity contribution is 5.94. The van der Waals surface area contributed by atoms with Crippen LogP contribution in [0.3, 0.4) is 0 Å². The van der Waals surface area contributed by atoms with Crippen molar-refractivity contribution in [2.45, 2.75) is 182 Å². The summed E-state index contributed by atoms with van der Waals surface area (Å²) >= 11 is 0. The maximum atomic E-state index is 13.7. The van der Waals surface area contributed by atoms with E-state index in [4.69, 9.17) is 56.8 Å². The average Bonchev–Trinajstić information content (AvgIpc) is 0.851. The van der Waals surface area contributed by atoms with Crippen LogP contribution in [-0.2, 0) is 51.0 Å². The van der Waals surface area contributed by atoms with Crippen LogP contribution in [0, 0.1) is 0 Å². The minimum absolute atomic E-state index is 0.277. The second kappa shape index (κ2) is 49.2. The first-order valence-corrected chi connectivity index (χ1v) is 37.6. The van der Waals surface area contributed by atoms with Gasteiger partial charge in [-0.25, -0.2) is 38.4 Å². The smallest absolute Gasteiger partial charge is 0.343 e. The summed E-state index contributed by atoms with van der Waals surface area (Å²) in [6.07, 6.45) is 19.1. The number of aryl methyl sites for hydroxylation is 2. The Hall–Kier alpha value is -10.8. The maximum absolute atomic E-state index is 13.7. The molecule has 0 aliphatic rings. The molecule has 0 heterocycles. The third-order valence-corrected chi connectivity index (χ3v) is 16.9. The van der Waals surface area contributed by atoms with E-state index in [-0.39, 0.29) is 35.4 Å². The Bertz CT molecular complexity index is 3630. The van der Waals surface area contributed by atoms with E-state index in [2.05, 4.69) is 26.3 Å². The van der Waals surface area contributed by atoms with Crippen LogP contribution in [0.4, 0.5) is 0 Å². The topological polar surface area (TPSA) is 247 Å². The largest absolute Gasteiger partial charge is 0.494 e. The van der Waals surface area contributed by atoms with Crippen LogP contribution < -0.4 is 37.9 Å². The normalized spacial score (nSPS) is 10.7. The molecule has 0 atom stereocenters. The standard InChI is InChI=1S/C88H106O20/c1-63(2)81(89)101-57-27-17-13-23-53-97-73-41-33-67(34-42-73)85(93)105-77-49-51-79(107-87(95)69-37-45-75(46-38-69)99-55-25-15-19-29-59-103-83(91)65(5)6)71(61-77)31-21-11-9-10-12-22-32-72-62-78(106-86(94)68-35-43-74(44-36-68)98-54-24-14-18-28-58-102-82(90)64(3)4)50-52-80(72)108-88(96)70-39-47-76(48-40-70)100-56-26-16-20-30-60-104-84(92)66(7)8/h33-52,61-62H,1,3,5,7,9-32,53-60H2,2,4,6,8H3. The van der Waals surface area contributed by atoms with E-state index in [1.54, 1.807) is 161 Å². The summed E-state index contributed by atoms with van der Waals surface area (Å²) in [7, 11) is 0. The van der Waals surface area contributed by atoms with Gasteiger partial charge in [0.05, 0.1) is 75.1 Å². The zero-order chi connectivity index (χ0) is 77.7. The number of esters is 8. The van der Waals surface area contributed by atoms with E-state index >= 15 is 0 Å². The van der Waals surface area contributed by atoms with Crippen LogP contribution in [-0.4, -0.2) is 101 Å². The van der Waals surface area contributed by atoms with Gasteiger partial charge in [0.15, 0.2) is 0 Å². The second-order valence-corrected chi connectivity index (χ2v) is 26.5. The monoisotopic (exact) mass is 1480 g/mol. The molecule has 0 aromatic heterocycles. The van der Waals surface area contributed by atoms with Crippen LogP contribution in [0.25, 0.3) is 0 Å². The van der Waals surface area contributed by atoms with Crippen molar-refractivity contribution in [2.24, 2.45) is 0 Å². The third-order valence-electron chi connectivity index (χ3n) is 16.9. The van der Waals surface area contributed by atoms with Gasteiger partial charge in [-0.2, -0.15) is 0 Å². The lowest BCUT2D eigenvalue weighted by Crippen LogP contribution is -2.11. The molecule has 0 saturated heterocycles. The Balaban J connectivity index is 1.04. The van der Waals surface area contributed by atoms with Crippen molar-refractivity contribution in [3.05, 3.63) is 215 Å². The molecule has 0 saturated carbocycles. The number of carbonyl (C=O) groups excluding carboxylic acids is 8. The summed E-state index contributed by atoms with van der Waals surface area (Å²) in [5.74, 6) is -0.214. The molecule has 20 nitrogen and oxygen atoms in total. The van der Waals surface area contributed by atoms with E-state index in [1.807, 2.05) is 0 Å². The van der Waals surface area contributed by atoms with Gasteiger partial charge in [0.25, 0.3) is 0 Å². The summed E-state index contributed by atoms with van der Waals surface area (Å²) < 4.78 is 68.2. The van der Waals surface area contributed by atoms with Gasteiger partial charge in [-0.3, -0.25) is 0 Å². The Morgan fingerprint density at radius 3 is 0.685 bits per heavy atom. The van der Waals surface area contributed by atoms with Crippen molar-refractivity contribution in [1.82, 2.24) is 0 Å². The van der Waals surface area contributed by atoms with Crippen LogP contribution >= 0.6 is 0 Å². The highest BCUT2D eigenvalue weighted by atomic mass is 16.6. The zero-order valence-electron chi connectivity index (χ0n) is 63.3. The van der Waals surface area contributed by atoms with Gasteiger partial charge >= 0.3 is 47.8 Å². The molecule has 0 unspecified atom stereocenters. The number of hydrogen-bond donors (Lipinski definition) is 0. The molecular formula is C88H106O20. The summed E-state index contributed by atoms with van der Waals surface area (Å²) in [4.78, 5) is 101. The van der Waals surface area contributed by atoms with E-state index in [0.717, 1.165) is 141 Å². The molecule has 0 fully saturated rings. The fraction of sp³-hybridized carbons (Fsp3) is 0.409. The average molecular weight is 1480 g/mol. The van der Waals surface area contributed by atoms with Crippen molar-refractivity contribution in [1.29, 1.82) is 0 Å². The van der Waals surface area contributed by atoms with Gasteiger partial charge < -0.3 is 56.8 Å². The van der Waals surface area contributed by atoms with Crippen LogP contribution in [0.2, 0.25) is 0 Å². The fourth-order valence-electron chi connectivity index (χ4n) is 10.7. The summed E-state index contributed by atoms with van der Waals surface area (Å²) in [6, 6.07) is 36.8. The number of unbranched alkanes of at least 4 members (excludes halogenated alkanes) is 17. The Morgan fingerprint density at radius 2 is 0.444 bits per heavy atom. The molecule has 6 aromatic rings. The van der Waals surface area contributed by atoms with Crippen molar-refractivity contribution < 1.29 is 95.2 Å². The van der Waals surface area contributed by atoms with Crippen molar-refractivity contribution in [2.75, 3.05) is 52.9 Å². The Labute approximate surface area is 636 Å². The number of rotatable bonds is 53. The molecule has 578 valence electrons. The van der Waals surface area contributed by atoms with Gasteiger partial charge in [-0.05, 0) is 301 Å². The lowest BCUT2D eigenvalue weighted by atomic mass is 10.0. The number of benzene rings is 6. The molecule has 0 N–H and O–H groups in total. The SMILES string of the molecule is C=C(C)C(=O)OCCCCCCOc1ccc(C(=O)Oc2ccc(OC(=O)c3ccc(OCCCCCCOC(=O)C(=C)C)cc3)c(CCCCCCCCc3cc(OC(=O)c4ccc(OCCCCCCOC(=O)C(=C)C)cc4)ccc3OC(=O)c3ccc(OCCCCCCOC(=O)C(=C)C)cc3)c2)cc1. The predicted octanol–water partition coefficient (Wildman–Crippen LogP) is 18.9. The fourth-order valence-corrected chi connectivity index (χ4v) is 10.7. The molecule has 0 aliphatic heterocycles. The van der Waals surface area contributed by atoms with Gasteiger partial charge in [0, 0.05) is 22.3 Å². The van der Waals surface area contributed by atoms with Gasteiger partial charge in [-0.15, -0.1) is 0 Å². The Morgan fingerprint density at radius 1 is 0.241 bits per heavy atom. The quantitative estimate of drug-likeness (QED) is 0.0113. The molecule has 6 rings (SSSR count). The Kier molecular flexibility index (Phi) is 39.2. The van der Waals surface area contributed by atoms with Crippen molar-refractivity contribution in [3.63, 3.8) is 0 Å². The molecule has 0 amide bonds. The molecule has 20 heteroatoms. The van der Waals surface area contributed by atoms with E-state index < -0.39 is 23.9 Å². The first-order chi connectivity index (χ1) is 52.2. The first-order valence-electron chi connectivity index (χ1n) is 37.6. The van der Waals surface area contributed by atoms with E-state index in [0.29, 0.717) is 156 Å². The zero-order valence-corrected chi connectivity index (χ0v) is 63.3. The molecule has 0 radical (unpaired) electrons. The van der Waals surface area contributed by atoms with Gasteiger partial charge in [0.2, 0.25) is 0 Å². The van der Waals surface area contributed by atoms with Crippen molar-refractivity contribution >= 4 is 47.8 Å². The minimum Gasteiger partial charge on any atom is -0.494 e. The molecule has 108 heavy (non-hydrogen) atoms. The summed E-state index contributed by atoms with van der Waals surface area (Å²) in [5.41, 5.74) is 4.12. The summed E-state index contributed by atoms with van der Waals surface area (Å²) in [5, 5.41) is 0. The molecular weight excluding hydrogens is 1380 g/mol. The lowest BCUT2D eigenvalue weighted by Gasteiger charge is -2.14. The van der Waals surface area contributed by atoms with Crippen LogP contribution in [0.5, 0.6) is 46.0 Å². The van der Waals surface area contributed by atoms with E-state index in [9.17, 15) is 38.4 Å². The number of hydrogen-bond acceptors (Lipinski definition) is 20. The lowest BCUT2D eigenvalue weighted by molar-refractivity contribution is -0.139.